The van der Waals surface area contributed by atoms with Crippen LogP contribution < -0.4 is 0 Å². The van der Waals surface area contributed by atoms with Crippen molar-refractivity contribution >= 4 is 29.3 Å². The molecule has 23 heavy (non-hydrogen) atoms. The number of nitro benzene ring substituents is 1. The molecule has 2 aromatic carbocycles. The quantitative estimate of drug-likeness (QED) is 0.356. The molecule has 0 aliphatic rings. The maximum Gasteiger partial charge on any atom is 0.331 e. The van der Waals surface area contributed by atoms with Gasteiger partial charge < -0.3 is 4.74 Å². The van der Waals surface area contributed by atoms with Crippen LogP contribution >= 0.6 is 11.6 Å². The van der Waals surface area contributed by atoms with Crippen molar-refractivity contribution in [3.05, 3.63) is 80.6 Å². The topological polar surface area (TPSA) is 69.4 Å². The van der Waals surface area contributed by atoms with Gasteiger partial charge in [-0.25, -0.2) is 9.18 Å². The van der Waals surface area contributed by atoms with Gasteiger partial charge in [-0.2, -0.15) is 0 Å². The molecule has 0 aromatic heterocycles. The fourth-order valence-electron chi connectivity index (χ4n) is 1.79. The molecule has 7 heteroatoms. The van der Waals surface area contributed by atoms with Gasteiger partial charge in [0.2, 0.25) is 0 Å². The molecule has 0 fully saturated rings. The summed E-state index contributed by atoms with van der Waals surface area (Å²) in [6.45, 7) is -0.218. The van der Waals surface area contributed by atoms with Crippen LogP contribution in [0.15, 0.2) is 48.5 Å². The van der Waals surface area contributed by atoms with E-state index in [1.807, 2.05) is 0 Å². The largest absolute Gasteiger partial charge is 0.457 e. The first-order chi connectivity index (χ1) is 11.0. The number of halogens is 2. The number of benzene rings is 2. The molecule has 0 amide bonds. The summed E-state index contributed by atoms with van der Waals surface area (Å²) in [7, 11) is 0. The minimum Gasteiger partial charge on any atom is -0.457 e. The zero-order valence-electron chi connectivity index (χ0n) is 11.7. The molecule has 0 saturated carbocycles. The smallest absolute Gasteiger partial charge is 0.331 e. The Balaban J connectivity index is 1.99. The van der Waals surface area contributed by atoms with Crippen LogP contribution in [0, 0.1) is 15.9 Å². The Morgan fingerprint density at radius 3 is 2.74 bits per heavy atom. The molecule has 118 valence electrons. The van der Waals surface area contributed by atoms with Gasteiger partial charge in [-0.1, -0.05) is 29.8 Å². The van der Waals surface area contributed by atoms with Crippen molar-refractivity contribution in [2.75, 3.05) is 0 Å². The molecule has 0 bridgehead atoms. The van der Waals surface area contributed by atoms with E-state index in [1.165, 1.54) is 42.5 Å². The van der Waals surface area contributed by atoms with Crippen molar-refractivity contribution < 1.29 is 18.8 Å². The van der Waals surface area contributed by atoms with Crippen molar-refractivity contribution in [2.24, 2.45) is 0 Å². The van der Waals surface area contributed by atoms with Gasteiger partial charge in [-0.15, -0.1) is 0 Å². The van der Waals surface area contributed by atoms with Crippen LogP contribution in [0.5, 0.6) is 0 Å². The fourth-order valence-corrected chi connectivity index (χ4v) is 1.98. The van der Waals surface area contributed by atoms with E-state index >= 15 is 0 Å². The lowest BCUT2D eigenvalue weighted by molar-refractivity contribution is -0.385. The van der Waals surface area contributed by atoms with Crippen LogP contribution in [-0.4, -0.2) is 10.9 Å². The first kappa shape index (κ1) is 16.6. The summed E-state index contributed by atoms with van der Waals surface area (Å²) in [4.78, 5) is 21.9. The SMILES string of the molecule is O=C(/C=C/c1ccc(F)c(Cl)c1)OCc1ccccc1[N+](=O)[O-]. The van der Waals surface area contributed by atoms with Gasteiger partial charge in [0.05, 0.1) is 15.5 Å². The Bertz CT molecular complexity index is 776. The van der Waals surface area contributed by atoms with E-state index in [9.17, 15) is 19.3 Å². The predicted octanol–water partition coefficient (Wildman–Crippen LogP) is 4.14. The van der Waals surface area contributed by atoms with E-state index in [1.54, 1.807) is 6.07 Å². The summed E-state index contributed by atoms with van der Waals surface area (Å²) in [6.07, 6.45) is 2.55. The van der Waals surface area contributed by atoms with Gasteiger partial charge in [0, 0.05) is 12.1 Å². The highest BCUT2D eigenvalue weighted by Crippen LogP contribution is 2.19. The van der Waals surface area contributed by atoms with E-state index in [2.05, 4.69) is 0 Å². The number of carbonyl (C=O) groups excluding carboxylic acids is 1. The number of hydrogen-bond acceptors (Lipinski definition) is 4. The van der Waals surface area contributed by atoms with Gasteiger partial charge in [0.25, 0.3) is 5.69 Å². The molecule has 0 radical (unpaired) electrons. The second-order valence-corrected chi connectivity index (χ2v) is 4.91. The average Bonchev–Trinajstić information content (AvgIpc) is 2.54. The first-order valence-corrected chi connectivity index (χ1v) is 6.87. The Morgan fingerprint density at radius 2 is 2.04 bits per heavy atom. The molecule has 0 heterocycles. The first-order valence-electron chi connectivity index (χ1n) is 6.49. The maximum atomic E-state index is 13.0. The van der Waals surface area contributed by atoms with Crippen molar-refractivity contribution in [2.45, 2.75) is 6.61 Å². The summed E-state index contributed by atoms with van der Waals surface area (Å²) >= 11 is 5.63. The van der Waals surface area contributed by atoms with Crippen LogP contribution in [0.2, 0.25) is 5.02 Å². The van der Waals surface area contributed by atoms with Crippen LogP contribution in [0.3, 0.4) is 0 Å². The molecule has 5 nitrogen and oxygen atoms in total. The third-order valence-corrected chi connectivity index (χ3v) is 3.20. The Morgan fingerprint density at radius 1 is 1.30 bits per heavy atom. The van der Waals surface area contributed by atoms with Crippen LogP contribution in [-0.2, 0) is 16.1 Å². The second-order valence-electron chi connectivity index (χ2n) is 4.50. The van der Waals surface area contributed by atoms with Crippen LogP contribution in [0.25, 0.3) is 6.08 Å². The minimum absolute atomic E-state index is 0.0552. The predicted molar refractivity (Wildman–Crippen MR) is 83.3 cm³/mol. The Hall–Kier alpha value is -2.73. The summed E-state index contributed by atoms with van der Waals surface area (Å²) in [5.41, 5.74) is 0.706. The molecule has 0 saturated heterocycles. The molecular formula is C16H11ClFNO4. The van der Waals surface area contributed by atoms with E-state index < -0.39 is 16.7 Å². The molecular weight excluding hydrogens is 325 g/mol. The average molecular weight is 336 g/mol. The number of carbonyl (C=O) groups is 1. The molecule has 0 unspecified atom stereocenters. The van der Waals surface area contributed by atoms with Crippen molar-refractivity contribution in [1.82, 2.24) is 0 Å². The lowest BCUT2D eigenvalue weighted by Gasteiger charge is -2.03. The highest BCUT2D eigenvalue weighted by molar-refractivity contribution is 6.30. The third-order valence-electron chi connectivity index (χ3n) is 2.91. The highest BCUT2D eigenvalue weighted by Gasteiger charge is 2.13. The number of para-hydroxylation sites is 1. The van der Waals surface area contributed by atoms with Gasteiger partial charge >= 0.3 is 5.97 Å². The molecule has 0 atom stereocenters. The maximum absolute atomic E-state index is 13.0. The highest BCUT2D eigenvalue weighted by atomic mass is 35.5. The zero-order chi connectivity index (χ0) is 16.8. The second kappa shape index (κ2) is 7.51. The summed E-state index contributed by atoms with van der Waals surface area (Å²) in [5.74, 6) is -1.23. The standard InChI is InChI=1S/C16H11ClFNO4/c17-13-9-11(5-7-14(13)18)6-8-16(20)23-10-12-3-1-2-4-15(12)19(21)22/h1-9H,10H2/b8-6+. The number of nitrogens with zero attached hydrogens (tertiary/aromatic N) is 1. The van der Waals surface area contributed by atoms with E-state index in [0.29, 0.717) is 11.1 Å². The van der Waals surface area contributed by atoms with Crippen molar-refractivity contribution in [3.8, 4) is 0 Å². The van der Waals surface area contributed by atoms with E-state index in [4.69, 9.17) is 16.3 Å². The Kier molecular flexibility index (Phi) is 5.43. The third kappa shape index (κ3) is 4.62. The molecule has 0 aliphatic heterocycles. The molecule has 0 spiro atoms. The lowest BCUT2D eigenvalue weighted by Crippen LogP contribution is -2.03. The number of esters is 1. The number of rotatable bonds is 5. The minimum atomic E-state index is -0.677. The van der Waals surface area contributed by atoms with Crippen molar-refractivity contribution in [3.63, 3.8) is 0 Å². The molecule has 2 rings (SSSR count). The number of hydrogen-bond donors (Lipinski definition) is 0. The number of ether oxygens (including phenoxy) is 1. The summed E-state index contributed by atoms with van der Waals surface area (Å²) in [6, 6.07) is 9.99. The van der Waals surface area contributed by atoms with Gasteiger partial charge in [0.1, 0.15) is 12.4 Å². The molecule has 0 aliphatic carbocycles. The fraction of sp³-hybridized carbons (Fsp3) is 0.0625. The van der Waals surface area contributed by atoms with Crippen LogP contribution in [0.1, 0.15) is 11.1 Å². The van der Waals surface area contributed by atoms with Crippen LogP contribution in [0.4, 0.5) is 10.1 Å². The van der Waals surface area contributed by atoms with Crippen molar-refractivity contribution in [1.29, 1.82) is 0 Å². The van der Waals surface area contributed by atoms with Gasteiger partial charge in [-0.3, -0.25) is 10.1 Å². The van der Waals surface area contributed by atoms with Gasteiger partial charge in [-0.05, 0) is 29.8 Å². The normalized spacial score (nSPS) is 10.7. The number of nitro groups is 1. The molecule has 0 N–H and O–H groups in total. The summed E-state index contributed by atoms with van der Waals surface area (Å²) in [5, 5.41) is 10.8. The monoisotopic (exact) mass is 335 g/mol. The van der Waals surface area contributed by atoms with E-state index in [0.717, 1.165) is 6.08 Å². The van der Waals surface area contributed by atoms with Gasteiger partial charge in [0.15, 0.2) is 0 Å². The molecule has 2 aromatic rings. The van der Waals surface area contributed by atoms with E-state index in [-0.39, 0.29) is 17.3 Å². The lowest BCUT2D eigenvalue weighted by atomic mass is 10.2. The Labute approximate surface area is 136 Å². The zero-order valence-corrected chi connectivity index (χ0v) is 12.5. The summed E-state index contributed by atoms with van der Waals surface area (Å²) < 4.78 is 18.0.